The van der Waals surface area contributed by atoms with Crippen LogP contribution >= 0.6 is 0 Å². The number of carbonyl (C=O) groups is 2. The van der Waals surface area contributed by atoms with Crippen LogP contribution in [0.15, 0.2) is 18.2 Å². The largest absolute Gasteiger partial charge is 0.479 e. The number of hydrogen-bond donors (Lipinski definition) is 3. The standard InChI is InChI=1S/C16H22FNO5/c1-15(2,3)23-14(22)18-9-6-7-11(17)10(8-9)16(4,5)12(19)13(20)21/h6-8,12,19H,1-5H3,(H,18,22)(H,20,21). The average Bonchev–Trinajstić information content (AvgIpc) is 2.37. The fourth-order valence-electron chi connectivity index (χ4n) is 1.97. The van der Waals surface area contributed by atoms with Crippen LogP contribution in [0.3, 0.4) is 0 Å². The number of halogens is 1. The maximum absolute atomic E-state index is 14.0. The van der Waals surface area contributed by atoms with Crippen LogP contribution < -0.4 is 5.32 Å². The molecule has 128 valence electrons. The van der Waals surface area contributed by atoms with Crippen LogP contribution in [0.5, 0.6) is 0 Å². The van der Waals surface area contributed by atoms with E-state index in [-0.39, 0.29) is 11.3 Å². The fraction of sp³-hybridized carbons (Fsp3) is 0.500. The predicted octanol–water partition coefficient (Wildman–Crippen LogP) is 2.90. The van der Waals surface area contributed by atoms with E-state index in [9.17, 15) is 19.1 Å². The smallest absolute Gasteiger partial charge is 0.412 e. The van der Waals surface area contributed by atoms with Gasteiger partial charge in [0.2, 0.25) is 0 Å². The van der Waals surface area contributed by atoms with Gasteiger partial charge in [-0.05, 0) is 44.5 Å². The molecule has 0 saturated heterocycles. The first-order valence-corrected chi connectivity index (χ1v) is 7.05. The normalized spacial score (nSPS) is 13.3. The number of anilines is 1. The number of amides is 1. The van der Waals surface area contributed by atoms with Gasteiger partial charge in [-0.15, -0.1) is 0 Å². The number of carboxylic acid groups (broad SMARTS) is 1. The minimum Gasteiger partial charge on any atom is -0.479 e. The number of rotatable bonds is 4. The summed E-state index contributed by atoms with van der Waals surface area (Å²) in [5, 5.41) is 21.2. The highest BCUT2D eigenvalue weighted by atomic mass is 19.1. The highest BCUT2D eigenvalue weighted by molar-refractivity contribution is 5.85. The molecule has 1 unspecified atom stereocenters. The van der Waals surface area contributed by atoms with Gasteiger partial charge in [-0.3, -0.25) is 5.32 Å². The average molecular weight is 327 g/mol. The van der Waals surface area contributed by atoms with Crippen molar-refractivity contribution in [1.82, 2.24) is 0 Å². The number of ether oxygens (including phenoxy) is 1. The maximum atomic E-state index is 14.0. The number of aliphatic carboxylic acids is 1. The summed E-state index contributed by atoms with van der Waals surface area (Å²) in [7, 11) is 0. The van der Waals surface area contributed by atoms with Crippen LogP contribution in [0.2, 0.25) is 0 Å². The van der Waals surface area contributed by atoms with Gasteiger partial charge in [-0.1, -0.05) is 13.8 Å². The van der Waals surface area contributed by atoms with Crippen molar-refractivity contribution in [1.29, 1.82) is 0 Å². The van der Waals surface area contributed by atoms with Gasteiger partial charge in [0.1, 0.15) is 11.4 Å². The second kappa shape index (κ2) is 6.54. The first-order chi connectivity index (χ1) is 10.3. The van der Waals surface area contributed by atoms with Gasteiger partial charge in [0.25, 0.3) is 0 Å². The van der Waals surface area contributed by atoms with E-state index in [0.29, 0.717) is 0 Å². The molecular formula is C16H22FNO5. The van der Waals surface area contributed by atoms with Crippen molar-refractivity contribution in [3.63, 3.8) is 0 Å². The van der Waals surface area contributed by atoms with Crippen LogP contribution in [0.4, 0.5) is 14.9 Å². The molecule has 3 N–H and O–H groups in total. The lowest BCUT2D eigenvalue weighted by molar-refractivity contribution is -0.150. The Hall–Kier alpha value is -2.15. The van der Waals surface area contributed by atoms with Crippen LogP contribution in [0.25, 0.3) is 0 Å². The summed E-state index contributed by atoms with van der Waals surface area (Å²) in [6.45, 7) is 7.92. The molecule has 0 spiro atoms. The molecule has 0 heterocycles. The van der Waals surface area contributed by atoms with Crippen LogP contribution in [-0.2, 0) is 14.9 Å². The molecule has 23 heavy (non-hydrogen) atoms. The van der Waals surface area contributed by atoms with Gasteiger partial charge in [-0.25, -0.2) is 14.0 Å². The van der Waals surface area contributed by atoms with Crippen molar-refractivity contribution in [3.8, 4) is 0 Å². The SMILES string of the molecule is CC(C)(C)OC(=O)Nc1ccc(F)c(C(C)(C)C(O)C(=O)O)c1. The van der Waals surface area contributed by atoms with Gasteiger partial charge in [0.05, 0.1) is 0 Å². The van der Waals surface area contributed by atoms with Gasteiger partial charge >= 0.3 is 12.1 Å². The fourth-order valence-corrected chi connectivity index (χ4v) is 1.97. The number of nitrogens with one attached hydrogen (secondary N) is 1. The number of benzene rings is 1. The van der Waals surface area contributed by atoms with E-state index in [4.69, 9.17) is 9.84 Å². The molecule has 0 aliphatic carbocycles. The Kier molecular flexibility index (Phi) is 5.37. The van der Waals surface area contributed by atoms with Gasteiger partial charge in [-0.2, -0.15) is 0 Å². The van der Waals surface area contributed by atoms with Crippen molar-refractivity contribution in [2.75, 3.05) is 5.32 Å². The maximum Gasteiger partial charge on any atom is 0.412 e. The van der Waals surface area contributed by atoms with Crippen molar-refractivity contribution < 1.29 is 28.9 Å². The summed E-state index contributed by atoms with van der Waals surface area (Å²) in [6.07, 6.45) is -2.51. The molecule has 0 fully saturated rings. The molecule has 0 radical (unpaired) electrons. The Morgan fingerprint density at radius 2 is 1.78 bits per heavy atom. The molecule has 1 aromatic carbocycles. The molecule has 1 amide bonds. The third-order valence-electron chi connectivity index (χ3n) is 3.22. The van der Waals surface area contributed by atoms with E-state index in [2.05, 4.69) is 5.32 Å². The zero-order valence-electron chi connectivity index (χ0n) is 13.8. The van der Waals surface area contributed by atoms with E-state index in [0.717, 1.165) is 6.07 Å². The van der Waals surface area contributed by atoms with Gasteiger partial charge in [0, 0.05) is 11.1 Å². The highest BCUT2D eigenvalue weighted by Crippen LogP contribution is 2.31. The third-order valence-corrected chi connectivity index (χ3v) is 3.22. The second-order valence-electron chi connectivity index (χ2n) is 6.78. The molecule has 6 nitrogen and oxygen atoms in total. The molecular weight excluding hydrogens is 305 g/mol. The number of aliphatic hydroxyl groups excluding tert-OH is 1. The number of aliphatic hydroxyl groups is 1. The topological polar surface area (TPSA) is 95.9 Å². The summed E-state index contributed by atoms with van der Waals surface area (Å²) in [5.74, 6) is -2.13. The zero-order chi connectivity index (χ0) is 18.0. The molecule has 0 saturated carbocycles. The van der Waals surface area contributed by atoms with Crippen LogP contribution in [0, 0.1) is 5.82 Å². The summed E-state index contributed by atoms with van der Waals surface area (Å²) in [5.41, 5.74) is -1.87. The Bertz CT molecular complexity index is 607. The molecule has 0 bridgehead atoms. The van der Waals surface area contributed by atoms with Crippen molar-refractivity contribution in [2.24, 2.45) is 0 Å². The first-order valence-electron chi connectivity index (χ1n) is 7.05. The van der Waals surface area contributed by atoms with Crippen molar-refractivity contribution in [2.45, 2.75) is 51.7 Å². The minimum atomic E-state index is -1.80. The van der Waals surface area contributed by atoms with Crippen molar-refractivity contribution in [3.05, 3.63) is 29.6 Å². The molecule has 1 aromatic rings. The number of carbonyl (C=O) groups excluding carboxylic acids is 1. The Morgan fingerprint density at radius 3 is 2.26 bits per heavy atom. The van der Waals surface area contributed by atoms with Crippen LogP contribution in [-0.4, -0.2) is 34.0 Å². The summed E-state index contributed by atoms with van der Waals surface area (Å²) < 4.78 is 19.1. The Balaban J connectivity index is 3.09. The van der Waals surface area contributed by atoms with Gasteiger partial charge in [0.15, 0.2) is 6.10 Å². The molecule has 1 atom stereocenters. The summed E-state index contributed by atoms with van der Waals surface area (Å²) >= 11 is 0. The third kappa shape index (κ3) is 4.92. The monoisotopic (exact) mass is 327 g/mol. The molecule has 7 heteroatoms. The highest BCUT2D eigenvalue weighted by Gasteiger charge is 2.37. The predicted molar refractivity (Wildman–Crippen MR) is 82.9 cm³/mol. The second-order valence-corrected chi connectivity index (χ2v) is 6.78. The molecule has 0 aromatic heterocycles. The minimum absolute atomic E-state index is 0.0269. The molecule has 1 rings (SSSR count). The lowest BCUT2D eigenvalue weighted by Gasteiger charge is -2.29. The van der Waals surface area contributed by atoms with Crippen molar-refractivity contribution >= 4 is 17.7 Å². The molecule has 0 aliphatic rings. The Morgan fingerprint density at radius 1 is 1.22 bits per heavy atom. The van der Waals surface area contributed by atoms with E-state index in [1.165, 1.54) is 26.0 Å². The first kappa shape index (κ1) is 18.9. The van der Waals surface area contributed by atoms with Gasteiger partial charge < -0.3 is 14.9 Å². The summed E-state index contributed by atoms with van der Waals surface area (Å²) in [6, 6.07) is 3.70. The quantitative estimate of drug-likeness (QED) is 0.790. The van der Waals surface area contributed by atoms with E-state index >= 15 is 0 Å². The van der Waals surface area contributed by atoms with E-state index in [1.54, 1.807) is 20.8 Å². The van der Waals surface area contributed by atoms with Crippen LogP contribution in [0.1, 0.15) is 40.2 Å². The Labute approximate surface area is 134 Å². The van der Waals surface area contributed by atoms with E-state index in [1.807, 2.05) is 0 Å². The lowest BCUT2D eigenvalue weighted by Crippen LogP contribution is -2.40. The molecule has 0 aliphatic heterocycles. The zero-order valence-corrected chi connectivity index (χ0v) is 13.8. The van der Waals surface area contributed by atoms with E-state index < -0.39 is 35.0 Å². The number of hydrogen-bond acceptors (Lipinski definition) is 4. The summed E-state index contributed by atoms with van der Waals surface area (Å²) in [4.78, 5) is 22.7. The number of carboxylic acids is 1. The lowest BCUT2D eigenvalue weighted by atomic mass is 9.79.